The Hall–Kier alpha value is -2.45. The molecule has 4 unspecified atom stereocenters. The van der Waals surface area contributed by atoms with Gasteiger partial charge in [0.25, 0.3) is 0 Å². The lowest BCUT2D eigenvalue weighted by Crippen LogP contribution is -2.54. The van der Waals surface area contributed by atoms with Crippen LogP contribution in [0, 0.1) is 5.92 Å². The van der Waals surface area contributed by atoms with Gasteiger partial charge in [-0.05, 0) is 37.8 Å². The first-order valence-electron chi connectivity index (χ1n) is 9.58. The van der Waals surface area contributed by atoms with Crippen LogP contribution in [-0.2, 0) is 11.4 Å². The van der Waals surface area contributed by atoms with Crippen molar-refractivity contribution < 1.29 is 9.53 Å². The molecule has 2 fully saturated rings. The van der Waals surface area contributed by atoms with Crippen molar-refractivity contribution in [3.63, 3.8) is 0 Å². The number of hydrogen-bond donors (Lipinski definition) is 3. The van der Waals surface area contributed by atoms with Gasteiger partial charge in [-0.25, -0.2) is 4.68 Å². The Morgan fingerprint density at radius 3 is 3.07 bits per heavy atom. The van der Waals surface area contributed by atoms with Crippen molar-refractivity contribution in [1.82, 2.24) is 31.2 Å². The maximum Gasteiger partial charge on any atom is 0.244 e. The van der Waals surface area contributed by atoms with Crippen LogP contribution in [0.5, 0.6) is 5.75 Å². The van der Waals surface area contributed by atoms with Gasteiger partial charge in [-0.1, -0.05) is 29.8 Å². The molecule has 8 nitrogen and oxygen atoms in total. The summed E-state index contributed by atoms with van der Waals surface area (Å²) in [7, 11) is 0. The number of hydrogen-bond acceptors (Lipinski definition) is 6. The van der Waals surface area contributed by atoms with Crippen LogP contribution in [0.3, 0.4) is 0 Å². The number of nitrogens with one attached hydrogen (secondary N) is 3. The molecule has 1 aliphatic heterocycles. The molecule has 1 aliphatic carbocycles. The maximum atomic E-state index is 12.7. The molecule has 0 spiro atoms. The molecular formula is C19H26N6O2. The summed E-state index contributed by atoms with van der Waals surface area (Å²) < 4.78 is 7.28. The summed E-state index contributed by atoms with van der Waals surface area (Å²) in [5, 5.41) is 11.4. The number of ether oxygens (including phenoxy) is 1. The van der Waals surface area contributed by atoms with Crippen LogP contribution < -0.4 is 20.9 Å². The second-order valence-electron chi connectivity index (χ2n) is 7.32. The summed E-state index contributed by atoms with van der Waals surface area (Å²) in [4.78, 5) is 12.7. The first-order valence-corrected chi connectivity index (χ1v) is 9.58. The van der Waals surface area contributed by atoms with Gasteiger partial charge in [-0.15, -0.1) is 5.10 Å². The van der Waals surface area contributed by atoms with Gasteiger partial charge in [0.2, 0.25) is 5.91 Å². The molecule has 0 bridgehead atoms. The van der Waals surface area contributed by atoms with Crippen molar-refractivity contribution in [3.8, 4) is 5.75 Å². The van der Waals surface area contributed by atoms with Gasteiger partial charge in [0.1, 0.15) is 24.1 Å². The topological polar surface area (TPSA) is 93.1 Å². The Bertz CT molecular complexity index is 765. The molecule has 2 heterocycles. The Balaban J connectivity index is 1.33. The van der Waals surface area contributed by atoms with Crippen molar-refractivity contribution in [1.29, 1.82) is 0 Å². The van der Waals surface area contributed by atoms with Crippen molar-refractivity contribution >= 4 is 5.91 Å². The fourth-order valence-corrected chi connectivity index (χ4v) is 3.87. The van der Waals surface area contributed by atoms with Gasteiger partial charge >= 0.3 is 0 Å². The predicted octanol–water partition coefficient (Wildman–Crippen LogP) is 1.18. The van der Waals surface area contributed by atoms with Crippen LogP contribution in [0.25, 0.3) is 0 Å². The minimum atomic E-state index is -0.419. The molecule has 1 amide bonds. The average Bonchev–Trinajstić information content (AvgIpc) is 3.36. The third-order valence-corrected chi connectivity index (χ3v) is 5.46. The summed E-state index contributed by atoms with van der Waals surface area (Å²) in [6, 6.07) is 9.60. The highest BCUT2D eigenvalue weighted by molar-refractivity contribution is 5.80. The monoisotopic (exact) mass is 370 g/mol. The summed E-state index contributed by atoms with van der Waals surface area (Å²) >= 11 is 0. The zero-order valence-electron chi connectivity index (χ0n) is 15.5. The lowest BCUT2D eigenvalue weighted by molar-refractivity contribution is -0.125. The number of carbonyl (C=O) groups excluding carboxylic acids is 1. The van der Waals surface area contributed by atoms with Gasteiger partial charge in [0.15, 0.2) is 0 Å². The molecule has 1 aromatic heterocycles. The zero-order chi connectivity index (χ0) is 18.6. The first kappa shape index (κ1) is 17.9. The van der Waals surface area contributed by atoms with Gasteiger partial charge in [0, 0.05) is 18.6 Å². The highest BCUT2D eigenvalue weighted by Gasteiger charge is 2.37. The molecular weight excluding hydrogens is 344 g/mol. The van der Waals surface area contributed by atoms with E-state index >= 15 is 0 Å². The number of rotatable bonds is 6. The van der Waals surface area contributed by atoms with E-state index < -0.39 is 6.04 Å². The molecule has 8 heteroatoms. The highest BCUT2D eigenvalue weighted by atomic mass is 16.5. The Kier molecular flexibility index (Phi) is 5.35. The van der Waals surface area contributed by atoms with E-state index in [4.69, 9.17) is 4.74 Å². The lowest BCUT2D eigenvalue weighted by atomic mass is 9.82. The summed E-state index contributed by atoms with van der Waals surface area (Å²) in [6.45, 7) is 3.13. The summed E-state index contributed by atoms with van der Waals surface area (Å²) in [6.07, 6.45) is 5.13. The van der Waals surface area contributed by atoms with E-state index in [-0.39, 0.29) is 11.9 Å². The molecule has 1 saturated heterocycles. The van der Waals surface area contributed by atoms with E-state index in [1.165, 1.54) is 6.42 Å². The summed E-state index contributed by atoms with van der Waals surface area (Å²) in [5.74, 6) is 1.34. The van der Waals surface area contributed by atoms with Crippen LogP contribution in [0.4, 0.5) is 0 Å². The highest BCUT2D eigenvalue weighted by Crippen LogP contribution is 2.27. The van der Waals surface area contributed by atoms with Crippen molar-refractivity contribution in [2.75, 3.05) is 6.54 Å². The summed E-state index contributed by atoms with van der Waals surface area (Å²) in [5.41, 5.74) is 7.22. The maximum absolute atomic E-state index is 12.7. The predicted molar refractivity (Wildman–Crippen MR) is 99.7 cm³/mol. The van der Waals surface area contributed by atoms with Crippen molar-refractivity contribution in [2.24, 2.45) is 5.92 Å². The van der Waals surface area contributed by atoms with E-state index in [2.05, 4.69) is 26.5 Å². The standard InChI is InChI=1S/C19H26N6O2/c1-13(19(26)21-17-9-5-6-14-10-20-23-18(14)17)25-11-15(22-24-25)12-27-16-7-3-2-4-8-16/h2-4,7-8,11,13-14,17-18,20,23H,5-6,9-10,12H2,1H3,(H,21,26). The zero-order valence-corrected chi connectivity index (χ0v) is 15.5. The molecule has 144 valence electrons. The van der Waals surface area contributed by atoms with Gasteiger partial charge in [-0.2, -0.15) is 0 Å². The number of carbonyl (C=O) groups is 1. The molecule has 4 rings (SSSR count). The first-order chi connectivity index (χ1) is 13.2. The van der Waals surface area contributed by atoms with Gasteiger partial charge in [-0.3, -0.25) is 15.6 Å². The Morgan fingerprint density at radius 1 is 1.37 bits per heavy atom. The van der Waals surface area contributed by atoms with E-state index in [0.29, 0.717) is 24.3 Å². The molecule has 1 aromatic carbocycles. The number of hydrazine groups is 1. The van der Waals surface area contributed by atoms with E-state index in [1.54, 1.807) is 10.9 Å². The van der Waals surface area contributed by atoms with Gasteiger partial charge in [0.05, 0.1) is 6.20 Å². The minimum absolute atomic E-state index is 0.0326. The number of benzene rings is 1. The molecule has 2 aromatic rings. The molecule has 3 N–H and O–H groups in total. The molecule has 2 aliphatic rings. The van der Waals surface area contributed by atoms with Crippen LogP contribution in [-0.4, -0.2) is 39.5 Å². The average molecular weight is 370 g/mol. The SMILES string of the molecule is CC(C(=O)NC1CCCC2CNNC21)n1cc(COc2ccccc2)nn1. The Morgan fingerprint density at radius 2 is 2.22 bits per heavy atom. The largest absolute Gasteiger partial charge is 0.487 e. The number of para-hydroxylation sites is 1. The number of amides is 1. The Labute approximate surface area is 158 Å². The normalized spacial score (nSPS) is 25.6. The molecule has 27 heavy (non-hydrogen) atoms. The quantitative estimate of drug-likeness (QED) is 0.707. The van der Waals surface area contributed by atoms with Gasteiger partial charge < -0.3 is 10.1 Å². The van der Waals surface area contributed by atoms with Crippen LogP contribution in [0.2, 0.25) is 0 Å². The van der Waals surface area contributed by atoms with E-state index in [1.807, 2.05) is 37.3 Å². The fourth-order valence-electron chi connectivity index (χ4n) is 3.87. The van der Waals surface area contributed by atoms with Crippen LogP contribution >= 0.6 is 0 Å². The lowest BCUT2D eigenvalue weighted by Gasteiger charge is -2.33. The smallest absolute Gasteiger partial charge is 0.244 e. The van der Waals surface area contributed by atoms with E-state index in [0.717, 1.165) is 25.1 Å². The van der Waals surface area contributed by atoms with Crippen LogP contribution in [0.15, 0.2) is 36.5 Å². The fraction of sp³-hybridized carbons (Fsp3) is 0.526. The number of fused-ring (bicyclic) bond motifs is 1. The molecule has 0 radical (unpaired) electrons. The number of nitrogens with zero attached hydrogens (tertiary/aromatic N) is 3. The van der Waals surface area contributed by atoms with E-state index in [9.17, 15) is 4.79 Å². The van der Waals surface area contributed by atoms with Crippen molar-refractivity contribution in [2.45, 2.75) is 50.9 Å². The molecule has 4 atom stereocenters. The second kappa shape index (κ2) is 8.06. The van der Waals surface area contributed by atoms with Crippen LogP contribution in [0.1, 0.15) is 37.9 Å². The van der Waals surface area contributed by atoms with Crippen molar-refractivity contribution in [3.05, 3.63) is 42.2 Å². The second-order valence-corrected chi connectivity index (χ2v) is 7.32. The molecule has 1 saturated carbocycles. The number of aromatic nitrogens is 3. The minimum Gasteiger partial charge on any atom is -0.487 e. The third kappa shape index (κ3) is 4.12. The third-order valence-electron chi connectivity index (χ3n) is 5.46.